The second kappa shape index (κ2) is 5.00. The smallest absolute Gasteiger partial charge is 0.172 e. The van der Waals surface area contributed by atoms with Gasteiger partial charge in [0.15, 0.2) is 16.2 Å². The molecule has 1 aliphatic heterocycles. The molecule has 2 aromatic heterocycles. The molecule has 2 aromatic rings. The molecule has 104 valence electrons. The number of aliphatic hydroxyl groups is 3. The van der Waals surface area contributed by atoms with Gasteiger partial charge in [0.1, 0.15) is 23.8 Å². The third-order valence-corrected chi connectivity index (χ3v) is 4.49. The van der Waals surface area contributed by atoms with Crippen LogP contribution in [0.25, 0.3) is 10.3 Å². The molecule has 1 saturated heterocycles. The first kappa shape index (κ1) is 13.3. The summed E-state index contributed by atoms with van der Waals surface area (Å²) >= 11 is 2.68. The molecular formula is C10H13N3O4S2. The van der Waals surface area contributed by atoms with Crippen LogP contribution in [0.15, 0.2) is 11.4 Å². The molecule has 3 heterocycles. The predicted octanol–water partition coefficient (Wildman–Crippen LogP) is -0.174. The Labute approximate surface area is 117 Å². The first-order chi connectivity index (χ1) is 9.17. The SMILES string of the molecule is CSc1nc2sncc2n1[C@@H]1O[C@H](CO)[C@@H](O)[C@@H]1O. The summed E-state index contributed by atoms with van der Waals surface area (Å²) in [7, 11) is 0. The highest BCUT2D eigenvalue weighted by Gasteiger charge is 2.44. The van der Waals surface area contributed by atoms with Crippen LogP contribution in [0.4, 0.5) is 0 Å². The van der Waals surface area contributed by atoms with Gasteiger partial charge in [-0.2, -0.15) is 4.37 Å². The van der Waals surface area contributed by atoms with Crippen LogP contribution in [-0.2, 0) is 4.74 Å². The summed E-state index contributed by atoms with van der Waals surface area (Å²) in [6.07, 6.45) is -0.262. The quantitative estimate of drug-likeness (QED) is 0.677. The van der Waals surface area contributed by atoms with Crippen LogP contribution >= 0.6 is 23.3 Å². The molecule has 1 aliphatic rings. The molecular weight excluding hydrogens is 290 g/mol. The molecule has 0 amide bonds. The Morgan fingerprint density at radius 2 is 2.26 bits per heavy atom. The largest absolute Gasteiger partial charge is 0.394 e. The molecule has 3 N–H and O–H groups in total. The van der Waals surface area contributed by atoms with Crippen LogP contribution in [0, 0.1) is 0 Å². The molecule has 0 aromatic carbocycles. The minimum atomic E-state index is -1.12. The van der Waals surface area contributed by atoms with Crippen molar-refractivity contribution in [3.8, 4) is 0 Å². The Bertz CT molecular complexity index is 586. The summed E-state index contributed by atoms with van der Waals surface area (Å²) in [5.74, 6) is 0. The molecule has 19 heavy (non-hydrogen) atoms. The Morgan fingerprint density at radius 3 is 2.89 bits per heavy atom. The van der Waals surface area contributed by atoms with Crippen molar-refractivity contribution in [2.24, 2.45) is 0 Å². The highest BCUT2D eigenvalue weighted by molar-refractivity contribution is 7.98. The minimum absolute atomic E-state index is 0.344. The third kappa shape index (κ3) is 1.97. The molecule has 3 rings (SSSR count). The Kier molecular flexibility index (Phi) is 3.50. The van der Waals surface area contributed by atoms with Gasteiger partial charge >= 0.3 is 0 Å². The number of rotatable bonds is 3. The van der Waals surface area contributed by atoms with Crippen LogP contribution in [0.2, 0.25) is 0 Å². The summed E-state index contributed by atoms with van der Waals surface area (Å²) in [6.45, 7) is -0.344. The third-order valence-electron chi connectivity index (χ3n) is 3.15. The van der Waals surface area contributed by atoms with Gasteiger partial charge in [0.25, 0.3) is 0 Å². The van der Waals surface area contributed by atoms with E-state index in [1.54, 1.807) is 10.8 Å². The molecule has 0 spiro atoms. The van der Waals surface area contributed by atoms with Crippen LogP contribution in [0.3, 0.4) is 0 Å². The molecule has 1 fully saturated rings. The lowest BCUT2D eigenvalue weighted by Crippen LogP contribution is -2.33. The maximum atomic E-state index is 10.1. The van der Waals surface area contributed by atoms with Crippen LogP contribution in [-0.4, -0.2) is 60.4 Å². The van der Waals surface area contributed by atoms with Gasteiger partial charge in [0.2, 0.25) is 0 Å². The summed E-state index contributed by atoms with van der Waals surface area (Å²) < 4.78 is 11.3. The van der Waals surface area contributed by atoms with E-state index in [-0.39, 0.29) is 6.61 Å². The zero-order chi connectivity index (χ0) is 13.6. The van der Waals surface area contributed by atoms with Crippen molar-refractivity contribution < 1.29 is 20.1 Å². The number of hydrogen-bond donors (Lipinski definition) is 3. The minimum Gasteiger partial charge on any atom is -0.394 e. The van der Waals surface area contributed by atoms with E-state index in [0.29, 0.717) is 5.16 Å². The van der Waals surface area contributed by atoms with Crippen molar-refractivity contribution in [3.63, 3.8) is 0 Å². The number of nitrogens with zero attached hydrogens (tertiary/aromatic N) is 3. The van der Waals surface area contributed by atoms with E-state index in [2.05, 4.69) is 9.36 Å². The molecule has 0 unspecified atom stereocenters. The average Bonchev–Trinajstić information content (AvgIpc) is 3.05. The van der Waals surface area contributed by atoms with Gasteiger partial charge in [0.05, 0.1) is 12.8 Å². The van der Waals surface area contributed by atoms with Crippen LogP contribution in [0.5, 0.6) is 0 Å². The molecule has 0 radical (unpaired) electrons. The fraction of sp³-hybridized carbons (Fsp3) is 0.600. The second-order valence-electron chi connectivity index (χ2n) is 4.21. The average molecular weight is 303 g/mol. The first-order valence-corrected chi connectivity index (χ1v) is 7.66. The number of hydrogen-bond acceptors (Lipinski definition) is 8. The van der Waals surface area contributed by atoms with E-state index in [0.717, 1.165) is 10.3 Å². The van der Waals surface area contributed by atoms with Crippen molar-refractivity contribution in [1.29, 1.82) is 0 Å². The number of fused-ring (bicyclic) bond motifs is 1. The predicted molar refractivity (Wildman–Crippen MR) is 70.2 cm³/mol. The van der Waals surface area contributed by atoms with Gasteiger partial charge < -0.3 is 20.1 Å². The Morgan fingerprint density at radius 1 is 1.47 bits per heavy atom. The normalized spacial score (nSPS) is 31.4. The van der Waals surface area contributed by atoms with Gasteiger partial charge in [-0.15, -0.1) is 0 Å². The number of imidazole rings is 1. The van der Waals surface area contributed by atoms with E-state index in [1.807, 2.05) is 6.26 Å². The van der Waals surface area contributed by atoms with Crippen LogP contribution < -0.4 is 0 Å². The maximum Gasteiger partial charge on any atom is 0.172 e. The number of ether oxygens (including phenoxy) is 1. The Balaban J connectivity index is 2.06. The molecule has 0 saturated carbocycles. The number of aliphatic hydroxyl groups excluding tert-OH is 3. The first-order valence-electron chi connectivity index (χ1n) is 5.66. The van der Waals surface area contributed by atoms with Crippen molar-refractivity contribution in [2.45, 2.75) is 29.7 Å². The van der Waals surface area contributed by atoms with Gasteiger partial charge in [-0.3, -0.25) is 4.57 Å². The van der Waals surface area contributed by atoms with Gasteiger partial charge in [-0.1, -0.05) is 11.8 Å². The fourth-order valence-corrected chi connectivity index (χ4v) is 3.46. The molecule has 4 atom stereocenters. The second-order valence-corrected chi connectivity index (χ2v) is 5.77. The maximum absolute atomic E-state index is 10.1. The van der Waals surface area contributed by atoms with E-state index >= 15 is 0 Å². The zero-order valence-electron chi connectivity index (χ0n) is 10.0. The van der Waals surface area contributed by atoms with Gasteiger partial charge in [0, 0.05) is 0 Å². The van der Waals surface area contributed by atoms with Crippen molar-refractivity contribution in [1.82, 2.24) is 13.9 Å². The molecule has 0 aliphatic carbocycles. The standard InChI is InChI=1S/C10H13N3O4S2/c1-18-10-12-8-4(2-11-19-8)13(10)9-7(16)6(15)5(3-14)17-9/h2,5-7,9,14-16H,3H2,1H3/t5-,6-,7+,9-/m1/s1. The van der Waals surface area contributed by atoms with E-state index in [1.165, 1.54) is 23.3 Å². The van der Waals surface area contributed by atoms with Gasteiger partial charge in [-0.25, -0.2) is 4.98 Å². The highest BCUT2D eigenvalue weighted by atomic mass is 32.2. The summed E-state index contributed by atoms with van der Waals surface area (Å²) in [6, 6.07) is 0. The lowest BCUT2D eigenvalue weighted by molar-refractivity contribution is -0.0546. The van der Waals surface area contributed by atoms with E-state index in [9.17, 15) is 10.2 Å². The zero-order valence-corrected chi connectivity index (χ0v) is 11.6. The molecule has 7 nitrogen and oxygen atoms in total. The van der Waals surface area contributed by atoms with Crippen molar-refractivity contribution in [2.75, 3.05) is 12.9 Å². The van der Waals surface area contributed by atoms with Crippen molar-refractivity contribution >= 4 is 33.6 Å². The van der Waals surface area contributed by atoms with Gasteiger partial charge in [-0.05, 0) is 17.8 Å². The summed E-state index contributed by atoms with van der Waals surface area (Å²) in [5.41, 5.74) is 0.754. The summed E-state index contributed by atoms with van der Waals surface area (Å²) in [5, 5.41) is 29.7. The number of aromatic nitrogens is 3. The monoisotopic (exact) mass is 303 g/mol. The molecule has 9 heteroatoms. The van der Waals surface area contributed by atoms with Crippen molar-refractivity contribution in [3.05, 3.63) is 6.20 Å². The van der Waals surface area contributed by atoms with E-state index in [4.69, 9.17) is 9.84 Å². The Hall–Kier alpha value is -0.710. The number of thioether (sulfide) groups is 1. The molecule has 0 bridgehead atoms. The summed E-state index contributed by atoms with van der Waals surface area (Å²) in [4.78, 5) is 5.14. The van der Waals surface area contributed by atoms with E-state index < -0.39 is 24.5 Å². The lowest BCUT2D eigenvalue weighted by atomic mass is 10.1. The highest BCUT2D eigenvalue weighted by Crippen LogP contribution is 2.36. The lowest BCUT2D eigenvalue weighted by Gasteiger charge is -2.18. The topological polar surface area (TPSA) is 101 Å². The van der Waals surface area contributed by atoms with Crippen LogP contribution in [0.1, 0.15) is 6.23 Å². The fourth-order valence-electron chi connectivity index (χ4n) is 2.20.